The summed E-state index contributed by atoms with van der Waals surface area (Å²) in [5.41, 5.74) is 12.7. The maximum absolute atomic E-state index is 5.66. The van der Waals surface area contributed by atoms with Crippen molar-refractivity contribution in [2.24, 2.45) is 0 Å². The fraction of sp³-hybridized carbons (Fsp3) is 0.286. The van der Waals surface area contributed by atoms with Crippen LogP contribution in [0.4, 0.5) is 11.6 Å². The summed E-state index contributed by atoms with van der Waals surface area (Å²) in [4.78, 5) is 8.36. The fourth-order valence-electron chi connectivity index (χ4n) is 1.77. The Labute approximate surface area is 117 Å². The molecule has 0 aliphatic carbocycles. The lowest BCUT2D eigenvalue weighted by Crippen LogP contribution is -2.04. The van der Waals surface area contributed by atoms with Crippen LogP contribution in [-0.4, -0.2) is 15.2 Å². The van der Waals surface area contributed by atoms with Crippen LogP contribution in [0.15, 0.2) is 41.6 Å². The van der Waals surface area contributed by atoms with E-state index in [1.165, 1.54) is 5.56 Å². The van der Waals surface area contributed by atoms with Crippen LogP contribution in [0.25, 0.3) is 0 Å². The number of thioether (sulfide) groups is 1. The smallest absolute Gasteiger partial charge is 0.191 e. The van der Waals surface area contributed by atoms with Gasteiger partial charge in [0.25, 0.3) is 0 Å². The van der Waals surface area contributed by atoms with E-state index in [1.807, 2.05) is 6.07 Å². The molecule has 4 N–H and O–H groups in total. The lowest BCUT2D eigenvalue weighted by Gasteiger charge is -2.10. The van der Waals surface area contributed by atoms with E-state index >= 15 is 0 Å². The molecule has 5 heteroatoms. The maximum atomic E-state index is 5.66. The van der Waals surface area contributed by atoms with Gasteiger partial charge in [-0.2, -0.15) is 0 Å². The SMILES string of the molecule is CC(CCc1ccccc1)Sc1nc(N)cc(N)n1. The van der Waals surface area contributed by atoms with Crippen molar-refractivity contribution in [1.82, 2.24) is 9.97 Å². The van der Waals surface area contributed by atoms with Crippen molar-refractivity contribution in [2.45, 2.75) is 30.2 Å². The number of nitrogens with two attached hydrogens (primary N) is 2. The minimum absolute atomic E-state index is 0.418. The topological polar surface area (TPSA) is 77.8 Å². The maximum Gasteiger partial charge on any atom is 0.191 e. The van der Waals surface area contributed by atoms with Gasteiger partial charge in [-0.1, -0.05) is 49.0 Å². The lowest BCUT2D eigenvalue weighted by molar-refractivity contribution is 0.805. The zero-order valence-corrected chi connectivity index (χ0v) is 11.7. The first-order valence-electron chi connectivity index (χ1n) is 6.24. The molecule has 1 unspecified atom stereocenters. The molecular formula is C14H18N4S. The van der Waals surface area contributed by atoms with Crippen molar-refractivity contribution in [3.05, 3.63) is 42.0 Å². The molecule has 1 heterocycles. The van der Waals surface area contributed by atoms with Gasteiger partial charge < -0.3 is 11.5 Å². The fourth-order valence-corrected chi connectivity index (χ4v) is 2.68. The first-order chi connectivity index (χ1) is 9.13. The van der Waals surface area contributed by atoms with E-state index < -0.39 is 0 Å². The zero-order valence-electron chi connectivity index (χ0n) is 10.9. The van der Waals surface area contributed by atoms with Crippen molar-refractivity contribution < 1.29 is 0 Å². The summed E-state index contributed by atoms with van der Waals surface area (Å²) in [5.74, 6) is 0.843. The molecule has 4 nitrogen and oxygen atoms in total. The number of nitrogen functional groups attached to an aromatic ring is 2. The minimum Gasteiger partial charge on any atom is -0.383 e. The Morgan fingerprint density at radius 3 is 2.37 bits per heavy atom. The molecule has 1 aromatic heterocycles. The van der Waals surface area contributed by atoms with Gasteiger partial charge in [-0.25, -0.2) is 9.97 Å². The largest absolute Gasteiger partial charge is 0.383 e. The van der Waals surface area contributed by atoms with E-state index in [-0.39, 0.29) is 0 Å². The molecule has 0 amide bonds. The summed E-state index contributed by atoms with van der Waals surface area (Å²) in [6.07, 6.45) is 2.11. The molecule has 0 bridgehead atoms. The summed E-state index contributed by atoms with van der Waals surface area (Å²) in [7, 11) is 0. The van der Waals surface area contributed by atoms with Crippen LogP contribution in [0.2, 0.25) is 0 Å². The van der Waals surface area contributed by atoms with E-state index in [4.69, 9.17) is 11.5 Å². The van der Waals surface area contributed by atoms with Crippen LogP contribution in [0.5, 0.6) is 0 Å². The van der Waals surface area contributed by atoms with Crippen LogP contribution in [0.3, 0.4) is 0 Å². The molecule has 0 aliphatic heterocycles. The molecule has 0 spiro atoms. The van der Waals surface area contributed by atoms with Crippen molar-refractivity contribution in [1.29, 1.82) is 0 Å². The van der Waals surface area contributed by atoms with Crippen molar-refractivity contribution >= 4 is 23.4 Å². The number of benzene rings is 1. The van der Waals surface area contributed by atoms with E-state index in [1.54, 1.807) is 17.8 Å². The van der Waals surface area contributed by atoms with Crippen LogP contribution >= 0.6 is 11.8 Å². The summed E-state index contributed by atoms with van der Waals surface area (Å²) >= 11 is 1.61. The van der Waals surface area contributed by atoms with E-state index in [9.17, 15) is 0 Å². The molecule has 2 rings (SSSR count). The van der Waals surface area contributed by atoms with Crippen molar-refractivity contribution in [3.8, 4) is 0 Å². The van der Waals surface area contributed by atoms with Gasteiger partial charge in [-0.3, -0.25) is 0 Å². The molecule has 0 aliphatic rings. The van der Waals surface area contributed by atoms with Crippen molar-refractivity contribution in [3.63, 3.8) is 0 Å². The number of rotatable bonds is 5. The Bertz CT molecular complexity index is 510. The first-order valence-corrected chi connectivity index (χ1v) is 7.12. The second kappa shape index (κ2) is 6.43. The first kappa shape index (κ1) is 13.7. The molecule has 1 aromatic carbocycles. The highest BCUT2D eigenvalue weighted by Crippen LogP contribution is 2.24. The predicted octanol–water partition coefficient (Wildman–Crippen LogP) is 2.75. The average molecular weight is 274 g/mol. The highest BCUT2D eigenvalue weighted by molar-refractivity contribution is 7.99. The van der Waals surface area contributed by atoms with E-state index in [2.05, 4.69) is 41.2 Å². The zero-order chi connectivity index (χ0) is 13.7. The standard InChI is InChI=1S/C14H18N4S/c1-10(7-8-11-5-3-2-4-6-11)19-14-17-12(15)9-13(16)18-14/h2-6,9-10H,7-8H2,1H3,(H4,15,16,17,18). The molecular weight excluding hydrogens is 256 g/mol. The van der Waals surface area contributed by atoms with Gasteiger partial charge in [0.1, 0.15) is 11.6 Å². The molecule has 19 heavy (non-hydrogen) atoms. The third-order valence-corrected chi connectivity index (χ3v) is 3.77. The summed E-state index contributed by atoms with van der Waals surface area (Å²) in [6, 6.07) is 12.0. The van der Waals surface area contributed by atoms with Crippen molar-refractivity contribution in [2.75, 3.05) is 11.5 Å². The molecule has 100 valence electrons. The van der Waals surface area contributed by atoms with Crippen LogP contribution in [-0.2, 0) is 6.42 Å². The highest BCUT2D eigenvalue weighted by atomic mass is 32.2. The number of aromatic nitrogens is 2. The Kier molecular flexibility index (Phi) is 4.63. The molecule has 1 atom stereocenters. The van der Waals surface area contributed by atoms with Gasteiger partial charge in [0, 0.05) is 11.3 Å². The number of nitrogens with zero attached hydrogens (tertiary/aromatic N) is 2. The monoisotopic (exact) mass is 274 g/mol. The third-order valence-electron chi connectivity index (χ3n) is 2.73. The number of hydrogen-bond donors (Lipinski definition) is 2. The number of anilines is 2. The predicted molar refractivity (Wildman–Crippen MR) is 80.9 cm³/mol. The quantitative estimate of drug-likeness (QED) is 0.647. The van der Waals surface area contributed by atoms with E-state index in [0.29, 0.717) is 22.0 Å². The second-order valence-electron chi connectivity index (χ2n) is 4.45. The molecule has 0 radical (unpaired) electrons. The van der Waals surface area contributed by atoms with Gasteiger partial charge in [0.05, 0.1) is 0 Å². The summed E-state index contributed by atoms with van der Waals surface area (Å²) in [6.45, 7) is 2.16. The normalized spacial score (nSPS) is 12.3. The van der Waals surface area contributed by atoms with Gasteiger partial charge in [0.2, 0.25) is 0 Å². The number of hydrogen-bond acceptors (Lipinski definition) is 5. The van der Waals surface area contributed by atoms with Crippen LogP contribution < -0.4 is 11.5 Å². The van der Waals surface area contributed by atoms with Gasteiger partial charge >= 0.3 is 0 Å². The molecule has 0 fully saturated rings. The Hall–Kier alpha value is -1.75. The minimum atomic E-state index is 0.418. The van der Waals surface area contributed by atoms with Gasteiger partial charge in [0.15, 0.2) is 5.16 Å². The number of aryl methyl sites for hydroxylation is 1. The molecule has 0 saturated heterocycles. The average Bonchev–Trinajstić information content (AvgIpc) is 2.36. The summed E-state index contributed by atoms with van der Waals surface area (Å²) < 4.78 is 0. The summed E-state index contributed by atoms with van der Waals surface area (Å²) in [5, 5.41) is 1.07. The Morgan fingerprint density at radius 2 is 1.74 bits per heavy atom. The lowest BCUT2D eigenvalue weighted by atomic mass is 10.1. The Balaban J connectivity index is 1.89. The van der Waals surface area contributed by atoms with E-state index in [0.717, 1.165) is 12.8 Å². The third kappa shape index (κ3) is 4.44. The Morgan fingerprint density at radius 1 is 1.11 bits per heavy atom. The second-order valence-corrected chi connectivity index (χ2v) is 5.86. The van der Waals surface area contributed by atoms with Gasteiger partial charge in [-0.05, 0) is 18.4 Å². The highest BCUT2D eigenvalue weighted by Gasteiger charge is 2.08. The van der Waals surface area contributed by atoms with Crippen LogP contribution in [0, 0.1) is 0 Å². The molecule has 2 aromatic rings. The van der Waals surface area contributed by atoms with Crippen LogP contribution in [0.1, 0.15) is 18.9 Å². The molecule has 0 saturated carbocycles. The van der Waals surface area contributed by atoms with Gasteiger partial charge in [-0.15, -0.1) is 0 Å².